The predicted octanol–water partition coefficient (Wildman–Crippen LogP) is 3.75. The van der Waals surface area contributed by atoms with Crippen LogP contribution in [0, 0.1) is 35.5 Å². The summed E-state index contributed by atoms with van der Waals surface area (Å²) in [6, 6.07) is -0.570. The number of nitrogens with zero attached hydrogens (tertiary/aromatic N) is 4. The van der Waals surface area contributed by atoms with Crippen molar-refractivity contribution in [3.8, 4) is 0 Å². The first-order valence-electron chi connectivity index (χ1n) is 22.9. The molecule has 8 fully saturated rings. The maximum atomic E-state index is 13.5. The molecule has 13 heteroatoms. The highest BCUT2D eigenvalue weighted by atomic mass is 16.3. The van der Waals surface area contributed by atoms with E-state index in [0.717, 1.165) is 70.9 Å². The van der Waals surface area contributed by atoms with Crippen LogP contribution in [0.5, 0.6) is 0 Å². The van der Waals surface area contributed by atoms with Crippen molar-refractivity contribution in [3.63, 3.8) is 0 Å². The first-order valence-corrected chi connectivity index (χ1v) is 22.9. The lowest BCUT2D eigenvalue weighted by Gasteiger charge is -2.42. The monoisotopic (exact) mass is 779 g/mol. The lowest BCUT2D eigenvalue weighted by Crippen LogP contribution is -2.54. The van der Waals surface area contributed by atoms with Gasteiger partial charge in [-0.3, -0.25) is 34.3 Å². The van der Waals surface area contributed by atoms with Crippen LogP contribution in [0.1, 0.15) is 135 Å². The number of nitrogens with one attached hydrogen (secondary N) is 4. The first-order chi connectivity index (χ1) is 27.3. The fourth-order valence-electron chi connectivity index (χ4n) is 12.5. The topological polar surface area (TPSA) is 150 Å². The molecule has 0 aromatic rings. The summed E-state index contributed by atoms with van der Waals surface area (Å²) in [7, 11) is 0. The summed E-state index contributed by atoms with van der Waals surface area (Å²) in [4.78, 5) is 57.1. The van der Waals surface area contributed by atoms with Gasteiger partial charge in [-0.25, -0.2) is 10.9 Å². The molecular weight excluding hydrogens is 709 g/mol. The molecule has 5 atom stereocenters. The van der Waals surface area contributed by atoms with E-state index < -0.39 is 11.9 Å². The maximum absolute atomic E-state index is 13.5. The summed E-state index contributed by atoms with van der Waals surface area (Å²) in [6.07, 6.45) is 21.4. The highest BCUT2D eigenvalue weighted by molar-refractivity contribution is 6.10. The lowest BCUT2D eigenvalue weighted by molar-refractivity contribution is -0.151. The Bertz CT molecular complexity index is 1440. The van der Waals surface area contributed by atoms with Crippen LogP contribution < -0.4 is 21.7 Å². The molecule has 0 bridgehead atoms. The zero-order chi connectivity index (χ0) is 38.8. The van der Waals surface area contributed by atoms with E-state index in [4.69, 9.17) is 0 Å². The second-order valence-corrected chi connectivity index (χ2v) is 18.7. The quantitative estimate of drug-likeness (QED) is 0.154. The van der Waals surface area contributed by atoms with Crippen molar-refractivity contribution in [2.75, 3.05) is 39.3 Å². The molecule has 13 nitrogen and oxygen atoms in total. The number of hydrazine groups is 3. The number of carbonyl (C=O) groups is 4. The molecule has 4 aliphatic carbocycles. The summed E-state index contributed by atoms with van der Waals surface area (Å²) in [5.41, 5.74) is 14.4. The molecule has 0 aromatic heterocycles. The highest BCUT2D eigenvalue weighted by Crippen LogP contribution is 2.47. The van der Waals surface area contributed by atoms with Crippen LogP contribution in [0.25, 0.3) is 0 Å². The maximum Gasteiger partial charge on any atom is 0.249 e. The summed E-state index contributed by atoms with van der Waals surface area (Å²) >= 11 is 0. The van der Waals surface area contributed by atoms with E-state index in [9.17, 15) is 24.3 Å². The molecule has 4 amide bonds. The van der Waals surface area contributed by atoms with Gasteiger partial charge in [0.25, 0.3) is 0 Å². The summed E-state index contributed by atoms with van der Waals surface area (Å²) in [5.74, 6) is 0.825. The number of hydrogen-bond acceptors (Lipinski definition) is 11. The Hall–Kier alpha value is -2.26. The number of hydrogen-bond donors (Lipinski definition) is 5. The average molecular weight is 779 g/mol. The van der Waals surface area contributed by atoms with Crippen LogP contribution in [0.3, 0.4) is 0 Å². The van der Waals surface area contributed by atoms with Crippen molar-refractivity contribution in [3.05, 3.63) is 11.1 Å². The van der Waals surface area contributed by atoms with Crippen LogP contribution in [0.15, 0.2) is 11.1 Å². The van der Waals surface area contributed by atoms with Gasteiger partial charge in [-0.2, -0.15) is 10.7 Å². The number of aliphatic hydroxyl groups excluding tert-OH is 1. The molecule has 5 unspecified atom stereocenters. The van der Waals surface area contributed by atoms with Gasteiger partial charge in [0, 0.05) is 45.2 Å². The van der Waals surface area contributed by atoms with E-state index in [1.807, 2.05) is 11.1 Å². The fourth-order valence-corrected chi connectivity index (χ4v) is 12.5. The van der Waals surface area contributed by atoms with Crippen LogP contribution in [-0.2, 0) is 19.2 Å². The molecule has 0 radical (unpaired) electrons. The number of carbonyl (C=O) groups excluding carboxylic acids is 4. The SMILES string of the molecule is CC/C(=C(\C1CCC(O)CC1)C1CCC(C2NNN(CCCN3CCN(C4CCC5C(=O)N(C6CCC(=O)NC6=O)C(=O)C5C4)CC3)N2)CC1)C1CCCCC1. The normalized spacial score (nSPS) is 37.8. The van der Waals surface area contributed by atoms with Gasteiger partial charge in [0.15, 0.2) is 0 Å². The molecular formula is C43H70N8O5. The van der Waals surface area contributed by atoms with E-state index in [2.05, 4.69) is 43.5 Å². The Morgan fingerprint density at radius 3 is 2.12 bits per heavy atom. The second-order valence-electron chi connectivity index (χ2n) is 18.7. The summed E-state index contributed by atoms with van der Waals surface area (Å²) in [5, 5.41) is 14.8. The van der Waals surface area contributed by atoms with E-state index in [1.54, 1.807) is 0 Å². The largest absolute Gasteiger partial charge is 0.393 e. The Morgan fingerprint density at radius 1 is 0.732 bits per heavy atom. The Balaban J connectivity index is 0.754. The van der Waals surface area contributed by atoms with Crippen molar-refractivity contribution >= 4 is 23.6 Å². The molecule has 312 valence electrons. The molecule has 5 N–H and O–H groups in total. The van der Waals surface area contributed by atoms with E-state index in [1.165, 1.54) is 81.9 Å². The first kappa shape index (κ1) is 40.5. The van der Waals surface area contributed by atoms with Gasteiger partial charge in [-0.1, -0.05) is 37.3 Å². The number of piperazine rings is 1. The smallest absolute Gasteiger partial charge is 0.249 e. The number of fused-ring (bicyclic) bond motifs is 1. The Morgan fingerprint density at radius 2 is 1.43 bits per heavy atom. The van der Waals surface area contributed by atoms with E-state index in [0.29, 0.717) is 30.6 Å². The third kappa shape index (κ3) is 8.84. The van der Waals surface area contributed by atoms with Crippen LogP contribution in [-0.4, -0.2) is 112 Å². The van der Waals surface area contributed by atoms with Crippen LogP contribution in [0.4, 0.5) is 0 Å². The summed E-state index contributed by atoms with van der Waals surface area (Å²) < 4.78 is 0. The van der Waals surface area contributed by atoms with Gasteiger partial charge in [-0.05, 0) is 133 Å². The molecule has 8 aliphatic rings. The average Bonchev–Trinajstić information content (AvgIpc) is 3.79. The van der Waals surface area contributed by atoms with Gasteiger partial charge in [0.2, 0.25) is 23.6 Å². The number of likely N-dealkylation sites (tertiary alicyclic amines) is 1. The molecule has 0 aromatic carbocycles. The molecule has 4 aliphatic heterocycles. The van der Waals surface area contributed by atoms with Crippen molar-refractivity contribution < 1.29 is 24.3 Å². The minimum atomic E-state index is -0.850. The van der Waals surface area contributed by atoms with Crippen molar-refractivity contribution in [1.82, 2.24) is 41.5 Å². The molecule has 4 saturated heterocycles. The number of piperidine rings is 1. The third-order valence-electron chi connectivity index (χ3n) is 15.6. The third-order valence-corrected chi connectivity index (χ3v) is 15.6. The zero-order valence-corrected chi connectivity index (χ0v) is 34.0. The lowest BCUT2D eigenvalue weighted by atomic mass is 9.66. The number of amides is 4. The fraction of sp³-hybridized carbons (Fsp3) is 0.860. The van der Waals surface area contributed by atoms with E-state index in [-0.39, 0.29) is 60.7 Å². The van der Waals surface area contributed by atoms with Crippen molar-refractivity contribution in [2.45, 2.75) is 160 Å². The number of aliphatic hydroxyl groups is 1. The highest BCUT2D eigenvalue weighted by Gasteiger charge is 2.54. The minimum absolute atomic E-state index is 0.0942. The van der Waals surface area contributed by atoms with Crippen LogP contribution >= 0.6 is 0 Å². The Labute approximate surface area is 334 Å². The molecule has 4 saturated carbocycles. The van der Waals surface area contributed by atoms with Crippen molar-refractivity contribution in [2.24, 2.45) is 35.5 Å². The second kappa shape index (κ2) is 18.3. The molecule has 4 heterocycles. The minimum Gasteiger partial charge on any atom is -0.393 e. The molecule has 56 heavy (non-hydrogen) atoms. The van der Waals surface area contributed by atoms with Gasteiger partial charge < -0.3 is 10.0 Å². The van der Waals surface area contributed by atoms with Gasteiger partial charge in [0.05, 0.1) is 24.1 Å². The predicted molar refractivity (Wildman–Crippen MR) is 212 cm³/mol. The Kier molecular flexibility index (Phi) is 13.3. The van der Waals surface area contributed by atoms with Crippen LogP contribution in [0.2, 0.25) is 0 Å². The zero-order valence-electron chi connectivity index (χ0n) is 34.0. The number of allylic oxidation sites excluding steroid dienone is 2. The van der Waals surface area contributed by atoms with Gasteiger partial charge in [-0.15, -0.1) is 0 Å². The van der Waals surface area contributed by atoms with Gasteiger partial charge in [0.1, 0.15) is 6.04 Å². The van der Waals surface area contributed by atoms with Crippen molar-refractivity contribution in [1.29, 1.82) is 0 Å². The summed E-state index contributed by atoms with van der Waals surface area (Å²) in [6.45, 7) is 8.32. The van der Waals surface area contributed by atoms with Gasteiger partial charge >= 0.3 is 0 Å². The molecule has 0 spiro atoms. The standard InChI is InChI=1S/C43H70N8O5/c1-2-34(28-7-4-3-5-8-28)39(30-13-16-33(52)17-14-30)29-9-11-31(12-10-29)40-45-47-50(46-40)22-6-21-48-23-25-49(26-24-48)32-15-18-35-36(27-32)43(56)51(42(35)55)37-19-20-38(53)44-41(37)54/h28-33,35-37,40,45-47,52H,2-27H2,1H3,(H,44,53,54)/b39-34+. The number of imide groups is 2. The van der Waals surface area contributed by atoms with E-state index >= 15 is 0 Å². The molecule has 8 rings (SSSR count). The number of rotatable bonds is 11.